The number of morpholine rings is 2. The topological polar surface area (TPSA) is 74.8 Å². The van der Waals surface area contributed by atoms with Gasteiger partial charge in [0, 0.05) is 31.3 Å². The summed E-state index contributed by atoms with van der Waals surface area (Å²) >= 11 is 5.62. The summed E-state index contributed by atoms with van der Waals surface area (Å²) < 4.78 is 26.9. The van der Waals surface area contributed by atoms with Crippen molar-refractivity contribution in [2.45, 2.75) is 32.9 Å². The molecule has 2 aliphatic rings. The van der Waals surface area contributed by atoms with Crippen LogP contribution in [0.3, 0.4) is 0 Å². The molecule has 2 fully saturated rings. The summed E-state index contributed by atoms with van der Waals surface area (Å²) in [5.74, 6) is 1.52. The first-order valence-corrected chi connectivity index (χ1v) is 12.1. The van der Waals surface area contributed by atoms with E-state index in [9.17, 15) is 0 Å². The molecule has 0 bridgehead atoms. The molecular weight excluding hydrogens is 409 g/mol. The maximum Gasteiger partial charge on any atom is 0.214 e. The summed E-state index contributed by atoms with van der Waals surface area (Å²) in [6, 6.07) is 3.77. The highest BCUT2D eigenvalue weighted by Gasteiger charge is 2.45. The number of ether oxygens (including phenoxy) is 2. The van der Waals surface area contributed by atoms with Crippen LogP contribution in [0.1, 0.15) is 32.3 Å². The van der Waals surface area contributed by atoms with Crippen molar-refractivity contribution in [1.82, 2.24) is 14.8 Å². The van der Waals surface area contributed by atoms with E-state index in [0.29, 0.717) is 37.3 Å². The molecule has 0 atom stereocenters. The van der Waals surface area contributed by atoms with Crippen LogP contribution in [0, 0.1) is 6.92 Å². The molecule has 0 unspecified atom stereocenters. The van der Waals surface area contributed by atoms with Gasteiger partial charge in [-0.1, -0.05) is 20.8 Å². The quantitative estimate of drug-likeness (QED) is 0.333. The first kappa shape index (κ1) is 22.6. The van der Waals surface area contributed by atoms with Gasteiger partial charge in [0.25, 0.3) is 0 Å². The van der Waals surface area contributed by atoms with Crippen molar-refractivity contribution in [1.29, 1.82) is 0 Å². The SMILES string of the molecule is Cc1ccc(/C=N/NC(=S)N=P(N2CCOCC2)(N2CCOCC2)C(C)(C)C)o1. The minimum atomic E-state index is -2.16. The van der Waals surface area contributed by atoms with Crippen LogP contribution in [0.25, 0.3) is 0 Å². The summed E-state index contributed by atoms with van der Waals surface area (Å²) in [7, 11) is -2.16. The van der Waals surface area contributed by atoms with Crippen molar-refractivity contribution in [2.24, 2.45) is 9.85 Å². The largest absolute Gasteiger partial charge is 0.460 e. The molecule has 0 spiro atoms. The molecule has 3 heterocycles. The molecule has 3 rings (SSSR count). The van der Waals surface area contributed by atoms with Crippen LogP contribution in [0.5, 0.6) is 0 Å². The molecule has 0 saturated carbocycles. The third-order valence-corrected chi connectivity index (χ3v) is 9.98. The van der Waals surface area contributed by atoms with Crippen molar-refractivity contribution < 1.29 is 13.9 Å². The molecule has 1 aromatic heterocycles. The first-order valence-electron chi connectivity index (χ1n) is 10.0. The fourth-order valence-electron chi connectivity index (χ4n) is 3.79. The second kappa shape index (κ2) is 9.81. The van der Waals surface area contributed by atoms with Crippen molar-refractivity contribution in [3.8, 4) is 0 Å². The summed E-state index contributed by atoms with van der Waals surface area (Å²) in [6.07, 6.45) is 1.62. The van der Waals surface area contributed by atoms with Gasteiger partial charge in [-0.25, -0.2) is 4.74 Å². The number of nitrogens with zero attached hydrogens (tertiary/aromatic N) is 4. The third-order valence-electron chi connectivity index (χ3n) is 5.01. The Morgan fingerprint density at radius 1 is 1.07 bits per heavy atom. The van der Waals surface area contributed by atoms with E-state index in [1.54, 1.807) is 6.21 Å². The number of furan rings is 1. The van der Waals surface area contributed by atoms with Crippen molar-refractivity contribution in [3.63, 3.8) is 0 Å². The predicted octanol–water partition coefficient (Wildman–Crippen LogP) is 3.29. The van der Waals surface area contributed by atoms with E-state index >= 15 is 0 Å². The molecule has 2 aliphatic heterocycles. The summed E-state index contributed by atoms with van der Waals surface area (Å²) in [6.45, 7) is 14.9. The molecule has 0 amide bonds. The van der Waals surface area contributed by atoms with Crippen LogP contribution in [0.15, 0.2) is 26.4 Å². The highest BCUT2D eigenvalue weighted by atomic mass is 32.1. The minimum absolute atomic E-state index is 0.0880. The Bertz CT molecular complexity index is 755. The summed E-state index contributed by atoms with van der Waals surface area (Å²) in [5, 5.41) is 4.55. The van der Waals surface area contributed by atoms with Gasteiger partial charge in [-0.3, -0.25) is 14.8 Å². The maximum absolute atomic E-state index is 5.62. The maximum atomic E-state index is 5.62. The number of hydrogen-bond donors (Lipinski definition) is 1. The Labute approximate surface area is 178 Å². The summed E-state index contributed by atoms with van der Waals surface area (Å²) in [4.78, 5) is 0. The molecule has 162 valence electrons. The molecule has 0 aliphatic carbocycles. The van der Waals surface area contributed by atoms with E-state index < -0.39 is 7.36 Å². The number of aryl methyl sites for hydroxylation is 1. The predicted molar refractivity (Wildman–Crippen MR) is 121 cm³/mol. The number of rotatable bonds is 4. The van der Waals surface area contributed by atoms with Gasteiger partial charge in [0.2, 0.25) is 5.11 Å². The number of nitrogens with one attached hydrogen (secondary N) is 1. The van der Waals surface area contributed by atoms with Gasteiger partial charge in [0.15, 0.2) is 0 Å². The van der Waals surface area contributed by atoms with E-state index in [1.807, 2.05) is 19.1 Å². The smallest absolute Gasteiger partial charge is 0.214 e. The average Bonchev–Trinajstić information content (AvgIpc) is 3.11. The zero-order valence-corrected chi connectivity index (χ0v) is 19.5. The van der Waals surface area contributed by atoms with Gasteiger partial charge in [-0.2, -0.15) is 5.10 Å². The van der Waals surface area contributed by atoms with Crippen LogP contribution in [-0.2, 0) is 9.47 Å². The lowest BCUT2D eigenvalue weighted by Gasteiger charge is -2.52. The normalized spacial score (nSPS) is 20.1. The lowest BCUT2D eigenvalue weighted by molar-refractivity contribution is 0.0551. The van der Waals surface area contributed by atoms with E-state index in [1.165, 1.54) is 0 Å². The zero-order valence-electron chi connectivity index (χ0n) is 17.8. The second-order valence-electron chi connectivity index (χ2n) is 8.09. The lowest BCUT2D eigenvalue weighted by atomic mass is 10.3. The monoisotopic (exact) mass is 441 g/mol. The highest BCUT2D eigenvalue weighted by molar-refractivity contribution is 7.81. The Morgan fingerprint density at radius 2 is 1.62 bits per heavy atom. The Morgan fingerprint density at radius 3 is 2.07 bits per heavy atom. The van der Waals surface area contributed by atoms with Gasteiger partial charge in [-0.05, 0) is 31.3 Å². The highest BCUT2D eigenvalue weighted by Crippen LogP contribution is 2.66. The molecule has 29 heavy (non-hydrogen) atoms. The van der Waals surface area contributed by atoms with Gasteiger partial charge in [0.05, 0.1) is 32.6 Å². The molecule has 1 aromatic rings. The van der Waals surface area contributed by atoms with Gasteiger partial charge in [0.1, 0.15) is 18.9 Å². The zero-order chi connectivity index (χ0) is 20.9. The second-order valence-corrected chi connectivity index (χ2v) is 12.3. The molecular formula is C19H32N5O3PS. The van der Waals surface area contributed by atoms with E-state index in [0.717, 1.165) is 31.9 Å². The molecule has 0 aromatic carbocycles. The third kappa shape index (κ3) is 5.34. The fourth-order valence-corrected chi connectivity index (χ4v) is 8.53. The lowest BCUT2D eigenvalue weighted by Crippen LogP contribution is -2.48. The standard InChI is InChI=1S/C19H32N5O3PS/c1-16-5-6-17(27-16)15-20-21-18(29)22-28(19(2,3)4,23-7-11-25-12-8-23)24-9-13-26-14-10-24/h5-6,15H,7-14H2,1-4H3,(H,21,29)/b20-15+. The number of hydrazone groups is 1. The van der Waals surface area contributed by atoms with Crippen molar-refractivity contribution >= 4 is 30.9 Å². The van der Waals surface area contributed by atoms with Crippen molar-refractivity contribution in [3.05, 3.63) is 23.7 Å². The number of thiocarbonyl (C=S) groups is 1. The molecule has 8 nitrogen and oxygen atoms in total. The van der Waals surface area contributed by atoms with E-state index in [4.69, 9.17) is 30.9 Å². The Kier molecular flexibility index (Phi) is 7.64. The molecule has 0 radical (unpaired) electrons. The fraction of sp³-hybridized carbons (Fsp3) is 0.684. The van der Waals surface area contributed by atoms with Gasteiger partial charge < -0.3 is 13.9 Å². The van der Waals surface area contributed by atoms with Crippen LogP contribution in [0.2, 0.25) is 0 Å². The van der Waals surface area contributed by atoms with Crippen molar-refractivity contribution in [2.75, 3.05) is 52.6 Å². The van der Waals surface area contributed by atoms with Gasteiger partial charge in [-0.15, -0.1) is 0 Å². The molecule has 10 heteroatoms. The summed E-state index contributed by atoms with van der Waals surface area (Å²) in [5.41, 5.74) is 2.93. The Hall–Kier alpha value is -1.09. The average molecular weight is 442 g/mol. The first-order chi connectivity index (χ1) is 13.8. The van der Waals surface area contributed by atoms with Crippen LogP contribution < -0.4 is 5.43 Å². The number of hydrogen-bond acceptors (Lipinski definition) is 5. The Balaban J connectivity index is 1.91. The minimum Gasteiger partial charge on any atom is -0.460 e. The van der Waals surface area contributed by atoms with Crippen LogP contribution >= 0.6 is 19.6 Å². The van der Waals surface area contributed by atoms with E-state index in [2.05, 4.69) is 40.6 Å². The van der Waals surface area contributed by atoms with Crippen LogP contribution in [0.4, 0.5) is 0 Å². The van der Waals surface area contributed by atoms with E-state index in [-0.39, 0.29) is 5.16 Å². The van der Waals surface area contributed by atoms with Crippen LogP contribution in [-0.4, -0.2) is 78.4 Å². The van der Waals surface area contributed by atoms with Gasteiger partial charge >= 0.3 is 0 Å². The molecule has 1 N–H and O–H groups in total. The molecule has 2 saturated heterocycles.